The van der Waals surface area contributed by atoms with Crippen LogP contribution < -0.4 is 10.6 Å². The molecule has 0 bridgehead atoms. The van der Waals surface area contributed by atoms with Crippen molar-refractivity contribution in [2.45, 2.75) is 37.8 Å². The van der Waals surface area contributed by atoms with E-state index in [-0.39, 0.29) is 18.4 Å². The first-order chi connectivity index (χ1) is 10.1. The number of benzene rings is 1. The summed E-state index contributed by atoms with van der Waals surface area (Å²) in [7, 11) is 1.28. The number of carbonyl (C=O) groups excluding carboxylic acids is 1. The van der Waals surface area contributed by atoms with Crippen molar-refractivity contribution in [1.29, 1.82) is 0 Å². The molecule has 2 atom stereocenters. The van der Waals surface area contributed by atoms with Gasteiger partial charge in [0.2, 0.25) is 0 Å². The van der Waals surface area contributed by atoms with Gasteiger partial charge in [0, 0.05) is 12.1 Å². The standard InChI is InChI=1S/C15H22N2O4/c1-21-15(20)17-13-8-10(5-6-14(13)19)7-11-3-2-4-12(9-18)16-11/h5-6,8,11-12,16,18-19H,2-4,7,9H2,1H3,(H,17,20). The van der Waals surface area contributed by atoms with Crippen LogP contribution in [0.2, 0.25) is 0 Å². The van der Waals surface area contributed by atoms with Crippen LogP contribution in [0.4, 0.5) is 10.5 Å². The number of rotatable bonds is 4. The van der Waals surface area contributed by atoms with Crippen molar-refractivity contribution >= 4 is 11.8 Å². The minimum atomic E-state index is -0.612. The number of aliphatic hydroxyl groups excluding tert-OH is 1. The van der Waals surface area contributed by atoms with Gasteiger partial charge in [-0.25, -0.2) is 4.79 Å². The van der Waals surface area contributed by atoms with Crippen LogP contribution in [0.25, 0.3) is 0 Å². The zero-order valence-electron chi connectivity index (χ0n) is 12.1. The van der Waals surface area contributed by atoms with Crippen molar-refractivity contribution in [3.8, 4) is 5.75 Å². The Morgan fingerprint density at radius 3 is 2.90 bits per heavy atom. The van der Waals surface area contributed by atoms with E-state index < -0.39 is 6.09 Å². The maximum atomic E-state index is 11.2. The molecule has 1 aromatic carbocycles. The third-order valence-electron chi connectivity index (χ3n) is 3.76. The molecule has 2 unspecified atom stereocenters. The van der Waals surface area contributed by atoms with Crippen LogP contribution in [-0.2, 0) is 11.2 Å². The Hall–Kier alpha value is -1.79. The molecule has 1 saturated heterocycles. The summed E-state index contributed by atoms with van der Waals surface area (Å²) >= 11 is 0. The highest BCUT2D eigenvalue weighted by molar-refractivity contribution is 5.86. The van der Waals surface area contributed by atoms with Crippen molar-refractivity contribution in [3.05, 3.63) is 23.8 Å². The molecule has 0 aromatic heterocycles. The highest BCUT2D eigenvalue weighted by atomic mass is 16.5. The van der Waals surface area contributed by atoms with Gasteiger partial charge < -0.3 is 20.3 Å². The number of phenolic OH excluding ortho intramolecular Hbond substituents is 1. The number of aromatic hydroxyl groups is 1. The number of aliphatic hydroxyl groups is 1. The average Bonchev–Trinajstić information content (AvgIpc) is 2.50. The Morgan fingerprint density at radius 2 is 2.19 bits per heavy atom. The summed E-state index contributed by atoms with van der Waals surface area (Å²) in [5, 5.41) is 24.9. The molecule has 0 saturated carbocycles. The van der Waals surface area contributed by atoms with Gasteiger partial charge in [0.05, 0.1) is 19.4 Å². The maximum Gasteiger partial charge on any atom is 0.411 e. The van der Waals surface area contributed by atoms with E-state index in [4.69, 9.17) is 0 Å². The lowest BCUT2D eigenvalue weighted by atomic mass is 9.94. The van der Waals surface area contributed by atoms with Crippen LogP contribution in [0.1, 0.15) is 24.8 Å². The summed E-state index contributed by atoms with van der Waals surface area (Å²) in [6.07, 6.45) is 3.31. The average molecular weight is 294 g/mol. The van der Waals surface area contributed by atoms with Gasteiger partial charge in [-0.15, -0.1) is 0 Å². The number of carbonyl (C=O) groups is 1. The summed E-state index contributed by atoms with van der Waals surface area (Å²) in [4.78, 5) is 11.2. The van der Waals surface area contributed by atoms with Crippen LogP contribution in [0, 0.1) is 0 Å². The molecule has 0 radical (unpaired) electrons. The van der Waals surface area contributed by atoms with Crippen molar-refractivity contribution in [2.24, 2.45) is 0 Å². The fourth-order valence-corrected chi connectivity index (χ4v) is 2.67. The number of ether oxygens (including phenoxy) is 1. The summed E-state index contributed by atoms with van der Waals surface area (Å²) < 4.78 is 4.53. The molecule has 2 rings (SSSR count). The third-order valence-corrected chi connectivity index (χ3v) is 3.76. The number of piperidine rings is 1. The first kappa shape index (κ1) is 15.6. The number of methoxy groups -OCH3 is 1. The summed E-state index contributed by atoms with van der Waals surface area (Å²) in [5.74, 6) is 0.00832. The summed E-state index contributed by atoms with van der Waals surface area (Å²) in [6, 6.07) is 5.60. The van der Waals surface area contributed by atoms with Crippen LogP contribution in [0.3, 0.4) is 0 Å². The Balaban J connectivity index is 2.03. The molecule has 1 aliphatic rings. The number of nitrogens with one attached hydrogen (secondary N) is 2. The predicted octanol–water partition coefficient (Wildman–Crippen LogP) is 1.62. The fourth-order valence-electron chi connectivity index (χ4n) is 2.67. The fraction of sp³-hybridized carbons (Fsp3) is 0.533. The molecule has 0 aliphatic carbocycles. The SMILES string of the molecule is COC(=O)Nc1cc(CC2CCCC(CO)N2)ccc1O. The minimum absolute atomic E-state index is 0.00832. The molecule has 1 amide bonds. The number of hydrogen-bond acceptors (Lipinski definition) is 5. The summed E-state index contributed by atoms with van der Waals surface area (Å²) in [5.41, 5.74) is 1.35. The van der Waals surface area contributed by atoms with Gasteiger partial charge in [0.1, 0.15) is 5.75 Å². The molecular formula is C15H22N2O4. The van der Waals surface area contributed by atoms with Gasteiger partial charge in [0.15, 0.2) is 0 Å². The van der Waals surface area contributed by atoms with Gasteiger partial charge >= 0.3 is 6.09 Å². The monoisotopic (exact) mass is 294 g/mol. The van der Waals surface area contributed by atoms with E-state index in [0.29, 0.717) is 11.7 Å². The number of hydrogen-bond donors (Lipinski definition) is 4. The lowest BCUT2D eigenvalue weighted by Gasteiger charge is -2.30. The second kappa shape index (κ2) is 7.28. The molecule has 1 aromatic rings. The predicted molar refractivity (Wildman–Crippen MR) is 79.5 cm³/mol. The van der Waals surface area contributed by atoms with E-state index in [1.807, 2.05) is 6.07 Å². The summed E-state index contributed by atoms with van der Waals surface area (Å²) in [6.45, 7) is 0.154. The van der Waals surface area contributed by atoms with E-state index in [1.54, 1.807) is 12.1 Å². The Kier molecular flexibility index (Phi) is 5.41. The van der Waals surface area contributed by atoms with Gasteiger partial charge in [-0.1, -0.05) is 12.5 Å². The maximum absolute atomic E-state index is 11.2. The van der Waals surface area contributed by atoms with E-state index in [0.717, 1.165) is 31.2 Å². The largest absolute Gasteiger partial charge is 0.506 e. The second-order valence-corrected chi connectivity index (χ2v) is 5.35. The highest BCUT2D eigenvalue weighted by Crippen LogP contribution is 2.26. The van der Waals surface area contributed by atoms with Crippen molar-refractivity contribution in [3.63, 3.8) is 0 Å². The zero-order valence-corrected chi connectivity index (χ0v) is 12.1. The molecule has 1 aliphatic heterocycles. The third kappa shape index (κ3) is 4.34. The number of phenols is 1. The molecular weight excluding hydrogens is 272 g/mol. The molecule has 6 nitrogen and oxygen atoms in total. The highest BCUT2D eigenvalue weighted by Gasteiger charge is 2.20. The smallest absolute Gasteiger partial charge is 0.411 e. The molecule has 116 valence electrons. The molecule has 4 N–H and O–H groups in total. The van der Waals surface area contributed by atoms with Gasteiger partial charge in [0.25, 0.3) is 0 Å². The van der Waals surface area contributed by atoms with Crippen LogP contribution in [-0.4, -0.2) is 42.1 Å². The number of amides is 1. The van der Waals surface area contributed by atoms with Crippen LogP contribution in [0.5, 0.6) is 5.75 Å². The number of anilines is 1. The minimum Gasteiger partial charge on any atom is -0.506 e. The first-order valence-corrected chi connectivity index (χ1v) is 7.16. The van der Waals surface area contributed by atoms with Crippen molar-refractivity contribution < 1.29 is 19.7 Å². The van der Waals surface area contributed by atoms with Crippen molar-refractivity contribution in [1.82, 2.24) is 5.32 Å². The van der Waals surface area contributed by atoms with E-state index in [2.05, 4.69) is 15.4 Å². The van der Waals surface area contributed by atoms with Crippen LogP contribution >= 0.6 is 0 Å². The molecule has 0 spiro atoms. The lowest BCUT2D eigenvalue weighted by Crippen LogP contribution is -2.45. The Labute approximate surface area is 124 Å². The van der Waals surface area contributed by atoms with Gasteiger partial charge in [-0.2, -0.15) is 0 Å². The molecule has 1 fully saturated rings. The van der Waals surface area contributed by atoms with Crippen LogP contribution in [0.15, 0.2) is 18.2 Å². The quantitative estimate of drug-likeness (QED) is 0.633. The molecule has 6 heteroatoms. The van der Waals surface area contributed by atoms with Crippen molar-refractivity contribution in [2.75, 3.05) is 19.0 Å². The second-order valence-electron chi connectivity index (χ2n) is 5.35. The molecule has 21 heavy (non-hydrogen) atoms. The lowest BCUT2D eigenvalue weighted by molar-refractivity contribution is 0.186. The topological polar surface area (TPSA) is 90.8 Å². The Morgan fingerprint density at radius 1 is 1.43 bits per heavy atom. The zero-order chi connectivity index (χ0) is 15.2. The van der Waals surface area contributed by atoms with E-state index in [9.17, 15) is 15.0 Å². The van der Waals surface area contributed by atoms with E-state index >= 15 is 0 Å². The van der Waals surface area contributed by atoms with Gasteiger partial charge in [-0.3, -0.25) is 5.32 Å². The normalized spacial score (nSPS) is 21.8. The van der Waals surface area contributed by atoms with E-state index in [1.165, 1.54) is 7.11 Å². The van der Waals surface area contributed by atoms with Gasteiger partial charge in [-0.05, 0) is 37.0 Å². The Bertz CT molecular complexity index is 493. The first-order valence-electron chi connectivity index (χ1n) is 7.16. The molecule has 1 heterocycles.